The minimum Gasteiger partial charge on any atom is -0.408 e. The van der Waals surface area contributed by atoms with Gasteiger partial charge in [-0.05, 0) is 67.2 Å². The number of thiophene rings is 1. The second-order valence-corrected chi connectivity index (χ2v) is 16.0. The summed E-state index contributed by atoms with van der Waals surface area (Å²) in [6.07, 6.45) is 4.35. The number of rotatable bonds is 9. The average Bonchev–Trinajstić information content (AvgIpc) is 3.12. The third-order valence-electron chi connectivity index (χ3n) is 6.91. The first-order valence-electron chi connectivity index (χ1n) is 11.6. The van der Waals surface area contributed by atoms with Crippen LogP contribution < -0.4 is 0 Å². The number of hydrogen-bond acceptors (Lipinski definition) is 7. The Hall–Kier alpha value is -0.838. The standard InChI is InChI=1S/C23H37BNO5SSi/c1-16(27)21-20-17(10-12-29-19-9-7-8-11-28-19)14-31-22(20)18(13-25(21)24-15-26)30-32(5,6)23(2,3)4/h14-15,18-19,21H,7-13H2,1-6H3. The molecule has 0 N–H and O–H groups in total. The minimum atomic E-state index is -2.05. The van der Waals surface area contributed by atoms with Crippen molar-refractivity contribution >= 4 is 39.0 Å². The second kappa shape index (κ2) is 10.6. The van der Waals surface area contributed by atoms with E-state index in [0.29, 0.717) is 19.6 Å². The maximum Gasteiger partial charge on any atom is 0.294 e. The number of nitrogens with zero attached hydrogens (tertiary/aromatic N) is 1. The van der Waals surface area contributed by atoms with Gasteiger partial charge in [-0.1, -0.05) is 20.8 Å². The molecule has 1 aromatic heterocycles. The Balaban J connectivity index is 1.86. The lowest BCUT2D eigenvalue weighted by Crippen LogP contribution is -2.48. The molecule has 177 valence electrons. The zero-order valence-corrected chi connectivity index (χ0v) is 22.1. The number of carbonyl (C=O) groups excluding carboxylic acids is 2. The van der Waals surface area contributed by atoms with E-state index in [-0.39, 0.29) is 23.2 Å². The molecule has 3 atom stereocenters. The van der Waals surface area contributed by atoms with Crippen molar-refractivity contribution in [3.63, 3.8) is 0 Å². The van der Waals surface area contributed by atoms with E-state index in [9.17, 15) is 9.59 Å². The van der Waals surface area contributed by atoms with E-state index in [4.69, 9.17) is 13.9 Å². The molecule has 1 fully saturated rings. The molecule has 1 saturated heterocycles. The lowest BCUT2D eigenvalue weighted by atomic mass is 9.82. The Morgan fingerprint density at radius 1 is 1.38 bits per heavy atom. The van der Waals surface area contributed by atoms with E-state index in [1.54, 1.807) is 18.3 Å². The Bertz CT molecular complexity index is 803. The van der Waals surface area contributed by atoms with Crippen LogP contribution in [0.15, 0.2) is 5.38 Å². The van der Waals surface area contributed by atoms with E-state index >= 15 is 0 Å². The first-order valence-corrected chi connectivity index (χ1v) is 15.4. The van der Waals surface area contributed by atoms with Crippen LogP contribution in [0.1, 0.15) is 75.1 Å². The summed E-state index contributed by atoms with van der Waals surface area (Å²) in [5, 5.41) is 2.20. The van der Waals surface area contributed by atoms with E-state index < -0.39 is 14.4 Å². The van der Waals surface area contributed by atoms with Crippen molar-refractivity contribution in [1.29, 1.82) is 0 Å². The molecule has 0 amide bonds. The Kier molecular flexibility index (Phi) is 8.55. The maximum atomic E-state index is 12.7. The van der Waals surface area contributed by atoms with E-state index in [1.165, 1.54) is 7.41 Å². The normalized spacial score (nSPS) is 24.8. The molecule has 3 rings (SSSR count). The molecular formula is C23H37BNO5SSi. The van der Waals surface area contributed by atoms with Gasteiger partial charge in [0.15, 0.2) is 14.6 Å². The predicted octanol–water partition coefficient (Wildman–Crippen LogP) is 4.65. The summed E-state index contributed by atoms with van der Waals surface area (Å²) in [5.41, 5.74) is 2.11. The average molecular weight is 479 g/mol. The summed E-state index contributed by atoms with van der Waals surface area (Å²) in [6.45, 7) is 14.6. The molecule has 9 heteroatoms. The number of fused-ring (bicyclic) bond motifs is 1. The van der Waals surface area contributed by atoms with Crippen LogP contribution in [0.2, 0.25) is 18.1 Å². The van der Waals surface area contributed by atoms with Crippen molar-refractivity contribution in [3.8, 4) is 0 Å². The summed E-state index contributed by atoms with van der Waals surface area (Å²) in [7, 11) is -0.559. The topological polar surface area (TPSA) is 65.1 Å². The van der Waals surface area contributed by atoms with Crippen LogP contribution in [0.5, 0.6) is 0 Å². The van der Waals surface area contributed by atoms with E-state index in [2.05, 4.69) is 39.2 Å². The van der Waals surface area contributed by atoms with Crippen molar-refractivity contribution in [2.75, 3.05) is 19.8 Å². The number of hydrogen-bond donors (Lipinski definition) is 0. The van der Waals surface area contributed by atoms with Gasteiger partial charge in [-0.15, -0.1) is 11.3 Å². The van der Waals surface area contributed by atoms with Crippen molar-refractivity contribution in [2.45, 2.75) is 89.9 Å². The van der Waals surface area contributed by atoms with Crippen LogP contribution in [0.4, 0.5) is 0 Å². The predicted molar refractivity (Wildman–Crippen MR) is 131 cm³/mol. The van der Waals surface area contributed by atoms with Crippen molar-refractivity contribution < 1.29 is 23.5 Å². The SMILES string of the molecule is CC(=O)C1c2c(CCOC3CCCCO3)csc2C(O[Si](C)(C)C(C)(C)C)CN1[B]C=O. The van der Waals surface area contributed by atoms with Crippen molar-refractivity contribution in [3.05, 3.63) is 21.4 Å². The van der Waals surface area contributed by atoms with Crippen molar-refractivity contribution in [2.24, 2.45) is 0 Å². The highest BCUT2D eigenvalue weighted by molar-refractivity contribution is 7.10. The molecule has 3 heterocycles. The van der Waals surface area contributed by atoms with Gasteiger partial charge in [0.1, 0.15) is 5.78 Å². The molecule has 1 radical (unpaired) electrons. The van der Waals surface area contributed by atoms with Gasteiger partial charge in [0.2, 0.25) is 0 Å². The molecule has 3 unspecified atom stereocenters. The van der Waals surface area contributed by atoms with Gasteiger partial charge >= 0.3 is 0 Å². The number of ether oxygens (including phenoxy) is 2. The van der Waals surface area contributed by atoms with Crippen LogP contribution in [0, 0.1) is 0 Å². The summed E-state index contributed by atoms with van der Waals surface area (Å²) >= 11 is 1.67. The Labute approximate surface area is 198 Å². The summed E-state index contributed by atoms with van der Waals surface area (Å²) in [4.78, 5) is 27.1. The fourth-order valence-electron chi connectivity index (χ4n) is 4.15. The van der Waals surface area contributed by atoms with E-state index in [0.717, 1.165) is 48.1 Å². The van der Waals surface area contributed by atoms with Gasteiger partial charge in [-0.25, -0.2) is 0 Å². The smallest absolute Gasteiger partial charge is 0.294 e. The molecule has 0 saturated carbocycles. The molecule has 6 nitrogen and oxygen atoms in total. The number of Topliss-reactive ketones (excluding diaryl/α,β-unsaturated/α-hetero) is 1. The number of carbonyl (C=O) groups is 2. The Morgan fingerprint density at radius 2 is 2.12 bits per heavy atom. The second-order valence-electron chi connectivity index (χ2n) is 10.3. The first-order chi connectivity index (χ1) is 15.0. The molecule has 1 aromatic rings. The van der Waals surface area contributed by atoms with Gasteiger partial charge in [-0.2, -0.15) is 0 Å². The highest BCUT2D eigenvalue weighted by Crippen LogP contribution is 2.46. The first kappa shape index (κ1) is 25.8. The largest absolute Gasteiger partial charge is 0.408 e. The molecule has 32 heavy (non-hydrogen) atoms. The molecular weight excluding hydrogens is 441 g/mol. The minimum absolute atomic E-state index is 0.0336. The third kappa shape index (κ3) is 5.80. The molecule has 2 aliphatic rings. The fourth-order valence-corrected chi connectivity index (χ4v) is 6.65. The van der Waals surface area contributed by atoms with Gasteiger partial charge in [0.05, 0.1) is 24.9 Å². The zero-order valence-electron chi connectivity index (χ0n) is 20.3. The lowest BCUT2D eigenvalue weighted by molar-refractivity contribution is -0.161. The zero-order chi connectivity index (χ0) is 23.5. The quantitative estimate of drug-likeness (QED) is 0.380. The molecule has 2 aliphatic heterocycles. The highest BCUT2D eigenvalue weighted by atomic mass is 32.1. The van der Waals surface area contributed by atoms with Crippen LogP contribution in [0.25, 0.3) is 0 Å². The van der Waals surface area contributed by atoms with Gasteiger partial charge in [0, 0.05) is 18.0 Å². The van der Waals surface area contributed by atoms with Crippen molar-refractivity contribution in [1.82, 2.24) is 4.81 Å². The number of ketones is 1. The summed E-state index contributed by atoms with van der Waals surface area (Å²) in [6, 6.07) is -0.457. The van der Waals surface area contributed by atoms with Gasteiger partial charge in [-0.3, -0.25) is 4.79 Å². The molecule has 0 aliphatic carbocycles. The lowest BCUT2D eigenvalue weighted by Gasteiger charge is -2.44. The third-order valence-corrected chi connectivity index (χ3v) is 12.5. The Morgan fingerprint density at radius 3 is 2.72 bits per heavy atom. The van der Waals surface area contributed by atoms with Crippen LogP contribution >= 0.6 is 11.3 Å². The molecule has 0 bridgehead atoms. The molecule has 0 aromatic carbocycles. The summed E-state index contributed by atoms with van der Waals surface area (Å²) < 4.78 is 18.4. The van der Waals surface area contributed by atoms with Gasteiger partial charge < -0.3 is 23.5 Å². The summed E-state index contributed by atoms with van der Waals surface area (Å²) in [5.74, 6) is 0.0336. The van der Waals surface area contributed by atoms with Crippen LogP contribution in [0.3, 0.4) is 0 Å². The highest BCUT2D eigenvalue weighted by Gasteiger charge is 2.44. The van der Waals surface area contributed by atoms with Crippen LogP contribution in [-0.4, -0.2) is 58.6 Å². The maximum absolute atomic E-state index is 12.7. The molecule has 0 spiro atoms. The fraction of sp³-hybridized carbons (Fsp3) is 0.739. The van der Waals surface area contributed by atoms with Crippen LogP contribution in [-0.2, 0) is 29.9 Å². The van der Waals surface area contributed by atoms with Gasteiger partial charge in [0.25, 0.3) is 7.41 Å². The monoisotopic (exact) mass is 478 g/mol. The van der Waals surface area contributed by atoms with E-state index in [1.807, 2.05) is 4.81 Å².